The number of sulfonamides is 1. The van der Waals surface area contributed by atoms with Gasteiger partial charge in [0.2, 0.25) is 10.0 Å². The van der Waals surface area contributed by atoms with E-state index in [4.69, 9.17) is 9.47 Å². The number of rotatable bonds is 9. The Morgan fingerprint density at radius 1 is 1.07 bits per heavy atom. The summed E-state index contributed by atoms with van der Waals surface area (Å²) in [7, 11) is -0.782. The van der Waals surface area contributed by atoms with Gasteiger partial charge >= 0.3 is 0 Å². The molecule has 0 amide bonds. The van der Waals surface area contributed by atoms with Crippen LogP contribution in [0.2, 0.25) is 0 Å². The number of nitrogens with one attached hydrogen (secondary N) is 2. The highest BCUT2D eigenvalue weighted by Crippen LogP contribution is 2.28. The number of benzene rings is 2. The molecule has 27 heavy (non-hydrogen) atoms. The number of hydrogen-bond acceptors (Lipinski definition) is 7. The second-order valence-electron chi connectivity index (χ2n) is 5.72. The fourth-order valence-corrected chi connectivity index (χ4v) is 4.60. The summed E-state index contributed by atoms with van der Waals surface area (Å²) < 4.78 is 43.5. The number of hydrogen-bond donors (Lipinski definition) is 2. The monoisotopic (exact) mass is 407 g/mol. The van der Waals surface area contributed by atoms with Gasteiger partial charge in [-0.05, 0) is 42.2 Å². The smallest absolute Gasteiger partial charge is 0.244 e. The molecular weight excluding hydrogens is 386 g/mol. The molecule has 0 aliphatic heterocycles. The van der Waals surface area contributed by atoms with E-state index in [9.17, 15) is 8.42 Å². The molecule has 2 N–H and O–H groups in total. The zero-order chi connectivity index (χ0) is 19.3. The maximum absolute atomic E-state index is 12.6. The van der Waals surface area contributed by atoms with Gasteiger partial charge in [0, 0.05) is 24.5 Å². The van der Waals surface area contributed by atoms with E-state index >= 15 is 0 Å². The van der Waals surface area contributed by atoms with Crippen molar-refractivity contribution in [3.05, 3.63) is 42.5 Å². The lowest BCUT2D eigenvalue weighted by Gasteiger charge is -2.12. The van der Waals surface area contributed by atoms with E-state index in [0.717, 1.165) is 15.9 Å². The summed E-state index contributed by atoms with van der Waals surface area (Å²) in [6.45, 7) is 0.892. The zero-order valence-corrected chi connectivity index (χ0v) is 16.7. The van der Waals surface area contributed by atoms with Crippen LogP contribution in [0.3, 0.4) is 0 Å². The van der Waals surface area contributed by atoms with Crippen molar-refractivity contribution in [3.8, 4) is 11.5 Å². The fraction of sp³-hybridized carbons (Fsp3) is 0.278. The van der Waals surface area contributed by atoms with E-state index in [1.54, 1.807) is 12.1 Å². The van der Waals surface area contributed by atoms with E-state index in [1.807, 2.05) is 24.3 Å². The number of nitrogens with zero attached hydrogens (tertiary/aromatic N) is 1. The summed E-state index contributed by atoms with van der Waals surface area (Å²) in [6, 6.07) is 12.7. The summed E-state index contributed by atoms with van der Waals surface area (Å²) in [5, 5.41) is 4.33. The first-order chi connectivity index (χ1) is 13.0. The molecule has 0 saturated carbocycles. The first kappa shape index (κ1) is 19.4. The molecule has 144 valence electrons. The van der Waals surface area contributed by atoms with Gasteiger partial charge < -0.3 is 14.8 Å². The molecule has 0 saturated heterocycles. The third kappa shape index (κ3) is 4.49. The summed E-state index contributed by atoms with van der Waals surface area (Å²) in [5.41, 5.74) is 0. The largest absolute Gasteiger partial charge is 0.497 e. The highest BCUT2D eigenvalue weighted by Gasteiger charge is 2.20. The first-order valence-electron chi connectivity index (χ1n) is 8.35. The number of methoxy groups -OCH3 is 2. The highest BCUT2D eigenvalue weighted by molar-refractivity contribution is 7.89. The summed E-state index contributed by atoms with van der Waals surface area (Å²) in [6.07, 6.45) is 0.608. The second kappa shape index (κ2) is 8.55. The minimum Gasteiger partial charge on any atom is -0.497 e. The van der Waals surface area contributed by atoms with E-state index < -0.39 is 10.0 Å². The van der Waals surface area contributed by atoms with E-state index in [2.05, 4.69) is 14.4 Å². The Morgan fingerprint density at radius 2 is 1.89 bits per heavy atom. The van der Waals surface area contributed by atoms with Gasteiger partial charge in [-0.3, -0.25) is 0 Å². The Balaban J connectivity index is 1.57. The molecule has 0 atom stereocenters. The second-order valence-corrected chi connectivity index (χ2v) is 8.26. The molecule has 0 aliphatic carbocycles. The van der Waals surface area contributed by atoms with Gasteiger partial charge in [-0.25, -0.2) is 13.1 Å². The molecule has 2 aromatic carbocycles. The number of aromatic nitrogens is 1. The van der Waals surface area contributed by atoms with Crippen molar-refractivity contribution in [1.82, 2.24) is 9.10 Å². The van der Waals surface area contributed by atoms with E-state index in [-0.39, 0.29) is 17.2 Å². The molecule has 3 aromatic rings. The normalized spacial score (nSPS) is 11.5. The van der Waals surface area contributed by atoms with Crippen LogP contribution in [-0.2, 0) is 10.0 Å². The molecule has 0 fully saturated rings. The number of anilines is 1. The molecule has 0 aliphatic rings. The quantitative estimate of drug-likeness (QED) is 0.530. The lowest BCUT2D eigenvalue weighted by molar-refractivity contribution is 0.392. The average Bonchev–Trinajstić information content (AvgIpc) is 3.10. The fourth-order valence-electron chi connectivity index (χ4n) is 2.59. The summed E-state index contributed by atoms with van der Waals surface area (Å²) in [4.78, 5) is 0.0582. The van der Waals surface area contributed by atoms with Crippen LogP contribution in [0.4, 0.5) is 5.82 Å². The standard InChI is InChI=1S/C18H21N3O4S2/c1-24-13-8-9-15(25-2)17(12-13)27(22,23)20-11-5-10-19-18-14-6-3-4-7-16(14)26-21-18/h3-4,6-9,12,20H,5,10-11H2,1-2H3,(H,19,21). The van der Waals surface area contributed by atoms with Crippen molar-refractivity contribution in [2.45, 2.75) is 11.3 Å². The van der Waals surface area contributed by atoms with Gasteiger partial charge in [0.05, 0.1) is 18.9 Å². The van der Waals surface area contributed by atoms with Gasteiger partial charge in [0.1, 0.15) is 22.2 Å². The third-order valence-corrected chi connectivity index (χ3v) is 6.28. The predicted molar refractivity (Wildman–Crippen MR) is 107 cm³/mol. The molecule has 0 spiro atoms. The highest BCUT2D eigenvalue weighted by atomic mass is 32.2. The minimum atomic E-state index is -3.70. The van der Waals surface area contributed by atoms with Crippen LogP contribution < -0.4 is 19.5 Å². The van der Waals surface area contributed by atoms with Crippen LogP contribution in [0, 0.1) is 0 Å². The molecule has 0 radical (unpaired) electrons. The van der Waals surface area contributed by atoms with Crippen molar-refractivity contribution in [2.75, 3.05) is 32.6 Å². The predicted octanol–water partition coefficient (Wildman–Crippen LogP) is 3.09. The number of ether oxygens (including phenoxy) is 2. The van der Waals surface area contributed by atoms with Crippen LogP contribution in [-0.4, -0.2) is 40.1 Å². The van der Waals surface area contributed by atoms with Gasteiger partial charge in [-0.2, -0.15) is 4.37 Å². The third-order valence-electron chi connectivity index (χ3n) is 3.98. The molecule has 9 heteroatoms. The van der Waals surface area contributed by atoms with Crippen molar-refractivity contribution >= 4 is 37.5 Å². The molecule has 1 heterocycles. The van der Waals surface area contributed by atoms with Gasteiger partial charge in [0.25, 0.3) is 0 Å². The zero-order valence-electron chi connectivity index (χ0n) is 15.1. The van der Waals surface area contributed by atoms with Crippen molar-refractivity contribution in [2.24, 2.45) is 0 Å². The Labute approximate surface area is 162 Å². The van der Waals surface area contributed by atoms with Crippen molar-refractivity contribution in [3.63, 3.8) is 0 Å². The van der Waals surface area contributed by atoms with E-state index in [1.165, 1.54) is 31.8 Å². The van der Waals surface area contributed by atoms with Crippen molar-refractivity contribution < 1.29 is 17.9 Å². The molecular formula is C18H21N3O4S2. The summed E-state index contributed by atoms with van der Waals surface area (Å²) >= 11 is 1.44. The molecule has 0 unspecified atom stereocenters. The topological polar surface area (TPSA) is 89.5 Å². The van der Waals surface area contributed by atoms with Crippen LogP contribution in [0.1, 0.15) is 6.42 Å². The lowest BCUT2D eigenvalue weighted by Crippen LogP contribution is -2.26. The van der Waals surface area contributed by atoms with Crippen LogP contribution in [0.25, 0.3) is 10.1 Å². The lowest BCUT2D eigenvalue weighted by atomic mass is 10.2. The maximum atomic E-state index is 12.6. The van der Waals surface area contributed by atoms with Crippen molar-refractivity contribution in [1.29, 1.82) is 0 Å². The summed E-state index contributed by atoms with van der Waals surface area (Å²) in [5.74, 6) is 1.55. The Hall–Kier alpha value is -2.36. The maximum Gasteiger partial charge on any atom is 0.244 e. The van der Waals surface area contributed by atoms with Gasteiger partial charge in [-0.1, -0.05) is 12.1 Å². The number of fused-ring (bicyclic) bond motifs is 1. The Morgan fingerprint density at radius 3 is 2.67 bits per heavy atom. The van der Waals surface area contributed by atoms with Crippen LogP contribution >= 0.6 is 11.5 Å². The van der Waals surface area contributed by atoms with Gasteiger partial charge in [0.15, 0.2) is 0 Å². The molecule has 0 bridgehead atoms. The van der Waals surface area contributed by atoms with E-state index in [0.29, 0.717) is 18.7 Å². The Kier molecular flexibility index (Phi) is 6.15. The SMILES string of the molecule is COc1ccc(OC)c(S(=O)(=O)NCCCNc2nsc3ccccc23)c1. The van der Waals surface area contributed by atoms with Gasteiger partial charge in [-0.15, -0.1) is 0 Å². The Bertz CT molecular complexity index is 1020. The molecule has 1 aromatic heterocycles. The molecule has 3 rings (SSSR count). The average molecular weight is 408 g/mol. The van der Waals surface area contributed by atoms with Crippen LogP contribution in [0.15, 0.2) is 47.4 Å². The minimum absolute atomic E-state index is 0.0582. The first-order valence-corrected chi connectivity index (χ1v) is 10.6. The van der Waals surface area contributed by atoms with Crippen LogP contribution in [0.5, 0.6) is 11.5 Å². The molecule has 7 nitrogen and oxygen atoms in total.